The number of fused-ring (bicyclic) bond motifs is 2. The van der Waals surface area contributed by atoms with E-state index in [4.69, 9.17) is 11.6 Å². The average Bonchev–Trinajstić information content (AvgIpc) is 3.81. The van der Waals surface area contributed by atoms with E-state index in [1.54, 1.807) is 12.1 Å². The first-order valence-electron chi connectivity index (χ1n) is 15.4. The van der Waals surface area contributed by atoms with Crippen molar-refractivity contribution < 1.29 is 19.5 Å². The molecule has 7 rings (SSSR count). The Labute approximate surface area is 258 Å². The molecular formula is C36H39ClN2O4. The highest BCUT2D eigenvalue weighted by Crippen LogP contribution is 2.83. The van der Waals surface area contributed by atoms with Crippen molar-refractivity contribution in [3.63, 3.8) is 0 Å². The maximum atomic E-state index is 14.7. The van der Waals surface area contributed by atoms with Crippen LogP contribution in [0.2, 0.25) is 0 Å². The SMILES string of the molecule is CC1(C)C(c2ccc(C(=O)O)cc2)=CC[C@]2(C)CN(C(=O)C3(c4ccccc4)CCN(C(=O)C45CC4(Cl)C5)CC3)CC=C12. The molecule has 0 bridgehead atoms. The number of aromatic carboxylic acids is 1. The number of amides is 2. The fourth-order valence-electron chi connectivity index (χ4n) is 8.60. The molecule has 1 saturated heterocycles. The molecule has 2 aliphatic heterocycles. The van der Waals surface area contributed by atoms with Gasteiger partial charge in [-0.3, -0.25) is 9.59 Å². The predicted molar refractivity (Wildman–Crippen MR) is 167 cm³/mol. The van der Waals surface area contributed by atoms with Crippen LogP contribution in [0.15, 0.2) is 72.3 Å². The number of hydrogen-bond acceptors (Lipinski definition) is 3. The quantitative estimate of drug-likeness (QED) is 0.323. The second-order valence-electron chi connectivity index (χ2n) is 14.3. The Hall–Kier alpha value is -3.38. The van der Waals surface area contributed by atoms with Gasteiger partial charge in [0.25, 0.3) is 0 Å². The molecule has 5 aliphatic rings. The van der Waals surface area contributed by atoms with Crippen LogP contribution in [-0.2, 0) is 15.0 Å². The van der Waals surface area contributed by atoms with Gasteiger partial charge >= 0.3 is 5.97 Å². The number of allylic oxidation sites excluding steroid dienone is 2. The van der Waals surface area contributed by atoms with E-state index in [0.717, 1.165) is 30.4 Å². The zero-order chi connectivity index (χ0) is 30.4. The number of alkyl halides is 1. The van der Waals surface area contributed by atoms with Gasteiger partial charge in [-0.15, -0.1) is 11.6 Å². The lowest BCUT2D eigenvalue weighted by Gasteiger charge is -2.52. The van der Waals surface area contributed by atoms with Crippen LogP contribution in [0.3, 0.4) is 0 Å². The summed E-state index contributed by atoms with van der Waals surface area (Å²) in [6.07, 6.45) is 8.14. The monoisotopic (exact) mass is 598 g/mol. The maximum Gasteiger partial charge on any atom is 0.335 e. The molecule has 2 heterocycles. The van der Waals surface area contributed by atoms with E-state index in [1.165, 1.54) is 11.1 Å². The smallest absolute Gasteiger partial charge is 0.335 e. The van der Waals surface area contributed by atoms with Crippen LogP contribution in [0.5, 0.6) is 0 Å². The Bertz CT molecular complexity index is 1580. The highest BCUT2D eigenvalue weighted by atomic mass is 35.5. The Kier molecular flexibility index (Phi) is 6.15. The number of benzene rings is 2. The van der Waals surface area contributed by atoms with Crippen LogP contribution in [0, 0.1) is 16.2 Å². The van der Waals surface area contributed by atoms with Gasteiger partial charge in [-0.05, 0) is 60.9 Å². The van der Waals surface area contributed by atoms with Gasteiger partial charge in [-0.1, -0.05) is 81.0 Å². The van der Waals surface area contributed by atoms with E-state index in [1.807, 2.05) is 35.2 Å². The molecule has 7 heteroatoms. The van der Waals surface area contributed by atoms with Crippen LogP contribution in [-0.4, -0.2) is 63.7 Å². The molecule has 0 aromatic heterocycles. The van der Waals surface area contributed by atoms with E-state index in [-0.39, 0.29) is 38.5 Å². The van der Waals surface area contributed by atoms with Crippen molar-refractivity contribution in [2.75, 3.05) is 26.2 Å². The van der Waals surface area contributed by atoms with E-state index in [9.17, 15) is 19.5 Å². The number of carbonyl (C=O) groups is 3. The first-order chi connectivity index (χ1) is 20.4. The van der Waals surface area contributed by atoms with Gasteiger partial charge in [-0.25, -0.2) is 4.79 Å². The predicted octanol–water partition coefficient (Wildman–Crippen LogP) is 6.30. The largest absolute Gasteiger partial charge is 0.478 e. The lowest BCUT2D eigenvalue weighted by molar-refractivity contribution is -0.145. The molecule has 43 heavy (non-hydrogen) atoms. The number of carboxylic acid groups (broad SMARTS) is 1. The van der Waals surface area contributed by atoms with E-state index in [0.29, 0.717) is 39.0 Å². The molecule has 1 N–H and O–H groups in total. The van der Waals surface area contributed by atoms with Crippen LogP contribution in [0.4, 0.5) is 0 Å². The number of piperidine rings is 1. The Balaban J connectivity index is 1.14. The van der Waals surface area contributed by atoms with Gasteiger partial charge < -0.3 is 14.9 Å². The van der Waals surface area contributed by atoms with Gasteiger partial charge in [0, 0.05) is 37.0 Å². The highest BCUT2D eigenvalue weighted by Gasteiger charge is 2.87. The van der Waals surface area contributed by atoms with Crippen molar-refractivity contribution in [3.8, 4) is 0 Å². The molecule has 2 amide bonds. The minimum atomic E-state index is -0.927. The van der Waals surface area contributed by atoms with Crippen molar-refractivity contribution in [2.24, 2.45) is 16.2 Å². The van der Waals surface area contributed by atoms with Crippen molar-refractivity contribution in [1.29, 1.82) is 0 Å². The number of carbonyl (C=O) groups excluding carboxylic acids is 2. The molecule has 3 aliphatic carbocycles. The fraction of sp³-hybridized carbons (Fsp3) is 0.472. The van der Waals surface area contributed by atoms with Crippen LogP contribution in [0.1, 0.15) is 74.4 Å². The highest BCUT2D eigenvalue weighted by molar-refractivity contribution is 6.33. The molecule has 3 fully saturated rings. The summed E-state index contributed by atoms with van der Waals surface area (Å²) in [5, 5.41) is 9.34. The zero-order valence-electron chi connectivity index (χ0n) is 25.2. The Morgan fingerprint density at radius 2 is 1.47 bits per heavy atom. The minimum absolute atomic E-state index is 0.155. The van der Waals surface area contributed by atoms with Gasteiger partial charge in [0.05, 0.1) is 21.3 Å². The average molecular weight is 599 g/mol. The molecule has 6 nitrogen and oxygen atoms in total. The lowest BCUT2D eigenvalue weighted by Crippen LogP contribution is -2.57. The Morgan fingerprint density at radius 1 is 0.837 bits per heavy atom. The van der Waals surface area contributed by atoms with Gasteiger partial charge in [0.2, 0.25) is 11.8 Å². The molecule has 2 aromatic carbocycles. The maximum absolute atomic E-state index is 14.7. The standard InChI is InChI=1S/C36H39ClN2O4/c1-32(2)27(24-9-11-25(12-10-24)29(40)41)13-15-33(3)23-39(18-14-28(32)33)30(42)34(26-7-5-4-6-8-26)16-19-38(20-17-34)31(43)35-21-36(35,37)22-35/h4-14H,15-23H2,1-3H3,(H,40,41)/t33-,35?,36?/m1/s1. The summed E-state index contributed by atoms with van der Waals surface area (Å²) in [5.41, 5.74) is 3.40. The van der Waals surface area contributed by atoms with Crippen LogP contribution >= 0.6 is 11.6 Å². The number of hydrogen-bond donors (Lipinski definition) is 1. The van der Waals surface area contributed by atoms with Crippen molar-refractivity contribution in [2.45, 2.75) is 63.2 Å². The molecule has 2 saturated carbocycles. The fourth-order valence-corrected chi connectivity index (χ4v) is 9.13. The lowest BCUT2D eigenvalue weighted by atomic mass is 9.58. The van der Waals surface area contributed by atoms with Gasteiger partial charge in [0.15, 0.2) is 0 Å². The second kappa shape index (κ2) is 9.31. The molecule has 0 unspecified atom stereocenters. The third-order valence-corrected chi connectivity index (χ3v) is 12.0. The second-order valence-corrected chi connectivity index (χ2v) is 15.1. The van der Waals surface area contributed by atoms with Crippen molar-refractivity contribution in [1.82, 2.24) is 9.80 Å². The molecule has 1 atom stereocenters. The third kappa shape index (κ3) is 4.16. The molecular weight excluding hydrogens is 560 g/mol. The van der Waals surface area contributed by atoms with Gasteiger partial charge in [0.1, 0.15) is 0 Å². The molecule has 0 spiro atoms. The molecule has 0 radical (unpaired) electrons. The van der Waals surface area contributed by atoms with E-state index < -0.39 is 11.4 Å². The number of halogens is 1. The van der Waals surface area contributed by atoms with Gasteiger partial charge in [-0.2, -0.15) is 0 Å². The van der Waals surface area contributed by atoms with Crippen molar-refractivity contribution >= 4 is 35.0 Å². The summed E-state index contributed by atoms with van der Waals surface area (Å²) >= 11 is 6.50. The van der Waals surface area contributed by atoms with Crippen LogP contribution < -0.4 is 0 Å². The topological polar surface area (TPSA) is 77.9 Å². The summed E-state index contributed by atoms with van der Waals surface area (Å²) in [6.45, 7) is 9.06. The molecule has 2 aromatic rings. The summed E-state index contributed by atoms with van der Waals surface area (Å²) in [7, 11) is 0. The summed E-state index contributed by atoms with van der Waals surface area (Å²) in [6, 6.07) is 17.3. The van der Waals surface area contributed by atoms with Crippen LogP contribution in [0.25, 0.3) is 5.57 Å². The summed E-state index contributed by atoms with van der Waals surface area (Å²) in [4.78, 5) is 43.1. The van der Waals surface area contributed by atoms with E-state index in [2.05, 4.69) is 50.0 Å². The summed E-state index contributed by atoms with van der Waals surface area (Å²) in [5.74, 6) is -0.592. The number of likely N-dealkylation sites (tertiary alicyclic amines) is 1. The van der Waals surface area contributed by atoms with E-state index >= 15 is 0 Å². The number of nitrogens with zero attached hydrogens (tertiary/aromatic N) is 2. The number of rotatable bonds is 5. The summed E-state index contributed by atoms with van der Waals surface area (Å²) < 4.78 is 0. The first kappa shape index (κ1) is 28.4. The third-order valence-electron chi connectivity index (χ3n) is 11.4. The minimum Gasteiger partial charge on any atom is -0.478 e. The first-order valence-corrected chi connectivity index (χ1v) is 15.8. The molecule has 224 valence electrons. The number of carboxylic acids is 1. The Morgan fingerprint density at radius 3 is 2.05 bits per heavy atom. The van der Waals surface area contributed by atoms with Crippen molar-refractivity contribution in [3.05, 3.63) is 89.0 Å². The normalized spacial score (nSPS) is 31.6. The zero-order valence-corrected chi connectivity index (χ0v) is 25.9.